The van der Waals surface area contributed by atoms with Crippen LogP contribution in [0.25, 0.3) is 0 Å². The Hall–Kier alpha value is -2.94. The molecular weight excluding hydrogens is 458 g/mol. The molecule has 1 heterocycles. The maximum Gasteiger partial charge on any atom is 0.257 e. The van der Waals surface area contributed by atoms with E-state index in [1.807, 2.05) is 6.07 Å². The van der Waals surface area contributed by atoms with Gasteiger partial charge in [0.1, 0.15) is 19.0 Å². The summed E-state index contributed by atoms with van der Waals surface area (Å²) in [6.07, 6.45) is 0.821. The minimum Gasteiger partial charge on any atom is -0.491 e. The minimum atomic E-state index is -0.272. The van der Waals surface area contributed by atoms with Gasteiger partial charge in [-0.3, -0.25) is 14.5 Å². The van der Waals surface area contributed by atoms with Gasteiger partial charge < -0.3 is 24.4 Å². The van der Waals surface area contributed by atoms with Crippen molar-refractivity contribution >= 4 is 17.5 Å². The molecule has 0 spiro atoms. The summed E-state index contributed by atoms with van der Waals surface area (Å²) in [5.41, 5.74) is 2.29. The first-order valence-electron chi connectivity index (χ1n) is 12.4. The van der Waals surface area contributed by atoms with Crippen LogP contribution in [0.4, 0.5) is 5.69 Å². The van der Waals surface area contributed by atoms with E-state index >= 15 is 0 Å². The highest BCUT2D eigenvalue weighted by atomic mass is 16.5. The van der Waals surface area contributed by atoms with E-state index in [-0.39, 0.29) is 36.5 Å². The Kier molecular flexibility index (Phi) is 10.3. The number of hydrogen-bond acceptors (Lipinski definition) is 6. The Morgan fingerprint density at radius 2 is 1.86 bits per heavy atom. The number of likely N-dealkylation sites (N-methyl/N-ethyl adjacent to an activating group) is 1. The van der Waals surface area contributed by atoms with Crippen LogP contribution in [0.15, 0.2) is 48.5 Å². The van der Waals surface area contributed by atoms with Crippen LogP contribution in [-0.4, -0.2) is 87.9 Å². The van der Waals surface area contributed by atoms with E-state index in [2.05, 4.69) is 48.3 Å². The Morgan fingerprint density at radius 3 is 2.56 bits per heavy atom. The van der Waals surface area contributed by atoms with Crippen LogP contribution in [0.3, 0.4) is 0 Å². The van der Waals surface area contributed by atoms with Gasteiger partial charge in [-0.15, -0.1) is 0 Å². The first-order valence-corrected chi connectivity index (χ1v) is 12.4. The molecule has 196 valence electrons. The molecule has 0 aliphatic carbocycles. The van der Waals surface area contributed by atoms with Crippen molar-refractivity contribution in [1.82, 2.24) is 9.80 Å². The zero-order valence-corrected chi connectivity index (χ0v) is 22.0. The molecule has 8 heteroatoms. The number of carbonyl (C=O) groups excluding carboxylic acids is 2. The second-order valence-corrected chi connectivity index (χ2v) is 9.52. The fourth-order valence-corrected chi connectivity index (χ4v) is 4.48. The molecular formula is C28H39N3O5. The van der Waals surface area contributed by atoms with Gasteiger partial charge in [0.15, 0.2) is 0 Å². The van der Waals surface area contributed by atoms with E-state index in [0.29, 0.717) is 30.2 Å². The van der Waals surface area contributed by atoms with Gasteiger partial charge in [0, 0.05) is 58.7 Å². The fourth-order valence-electron chi connectivity index (χ4n) is 4.48. The van der Waals surface area contributed by atoms with Crippen LogP contribution in [-0.2, 0) is 20.7 Å². The molecule has 0 bridgehead atoms. The third-order valence-corrected chi connectivity index (χ3v) is 6.67. The quantitative estimate of drug-likeness (QED) is 0.632. The van der Waals surface area contributed by atoms with Gasteiger partial charge in [0.05, 0.1) is 11.7 Å². The average Bonchev–Trinajstić information content (AvgIpc) is 2.87. The van der Waals surface area contributed by atoms with Gasteiger partial charge in [-0.25, -0.2) is 0 Å². The molecule has 0 saturated heterocycles. The summed E-state index contributed by atoms with van der Waals surface area (Å²) in [6.45, 7) is 6.82. The zero-order valence-electron chi connectivity index (χ0n) is 22.0. The van der Waals surface area contributed by atoms with Crippen molar-refractivity contribution in [2.45, 2.75) is 32.4 Å². The Bertz CT molecular complexity index is 1000. The molecule has 3 atom stereocenters. The SMILES string of the molecule is COCC(=O)Nc1ccc2c(c1)OC[C@H](C)N(CCc1ccccc1)C[C@H](C)[C@@H](OC)CN(C)C2=O. The van der Waals surface area contributed by atoms with Crippen molar-refractivity contribution < 1.29 is 23.8 Å². The number of benzene rings is 2. The number of amides is 2. The smallest absolute Gasteiger partial charge is 0.257 e. The number of rotatable bonds is 7. The van der Waals surface area contributed by atoms with Crippen molar-refractivity contribution in [3.63, 3.8) is 0 Å². The lowest BCUT2D eigenvalue weighted by molar-refractivity contribution is -0.119. The van der Waals surface area contributed by atoms with Gasteiger partial charge in [0.2, 0.25) is 5.91 Å². The van der Waals surface area contributed by atoms with Crippen molar-refractivity contribution in [1.29, 1.82) is 0 Å². The topological polar surface area (TPSA) is 80.3 Å². The second-order valence-electron chi connectivity index (χ2n) is 9.52. The van der Waals surface area contributed by atoms with Crippen molar-refractivity contribution in [2.24, 2.45) is 5.92 Å². The van der Waals surface area contributed by atoms with Crippen molar-refractivity contribution in [3.8, 4) is 5.75 Å². The first kappa shape index (κ1) is 27.6. The predicted octanol–water partition coefficient (Wildman–Crippen LogP) is 3.32. The summed E-state index contributed by atoms with van der Waals surface area (Å²) in [5.74, 6) is 0.231. The van der Waals surface area contributed by atoms with Crippen LogP contribution in [0.2, 0.25) is 0 Å². The number of carbonyl (C=O) groups is 2. The maximum atomic E-state index is 13.3. The molecule has 8 nitrogen and oxygen atoms in total. The van der Waals surface area contributed by atoms with E-state index in [4.69, 9.17) is 14.2 Å². The van der Waals surface area contributed by atoms with Crippen LogP contribution < -0.4 is 10.1 Å². The van der Waals surface area contributed by atoms with Gasteiger partial charge in [0.25, 0.3) is 5.91 Å². The normalized spacial score (nSPS) is 21.6. The van der Waals surface area contributed by atoms with Gasteiger partial charge in [-0.1, -0.05) is 37.3 Å². The van der Waals surface area contributed by atoms with Crippen molar-refractivity contribution in [3.05, 3.63) is 59.7 Å². The summed E-state index contributed by atoms with van der Waals surface area (Å²) >= 11 is 0. The number of anilines is 1. The Labute approximate surface area is 214 Å². The second kappa shape index (κ2) is 13.4. The summed E-state index contributed by atoms with van der Waals surface area (Å²) in [4.78, 5) is 29.5. The monoisotopic (exact) mass is 497 g/mol. The van der Waals surface area contributed by atoms with E-state index in [9.17, 15) is 9.59 Å². The maximum absolute atomic E-state index is 13.3. The largest absolute Gasteiger partial charge is 0.491 e. The van der Waals surface area contributed by atoms with Gasteiger partial charge >= 0.3 is 0 Å². The zero-order chi connectivity index (χ0) is 26.1. The average molecular weight is 498 g/mol. The fraction of sp³-hybridized carbons (Fsp3) is 0.500. The lowest BCUT2D eigenvalue weighted by Crippen LogP contribution is -2.47. The number of nitrogens with zero attached hydrogens (tertiary/aromatic N) is 2. The van der Waals surface area contributed by atoms with E-state index in [1.165, 1.54) is 12.7 Å². The van der Waals surface area contributed by atoms with Gasteiger partial charge in [-0.2, -0.15) is 0 Å². The lowest BCUT2D eigenvalue weighted by atomic mass is 10.0. The summed E-state index contributed by atoms with van der Waals surface area (Å²) < 4.78 is 17.0. The number of methoxy groups -OCH3 is 2. The molecule has 2 aromatic carbocycles. The van der Waals surface area contributed by atoms with Crippen LogP contribution in [0, 0.1) is 5.92 Å². The van der Waals surface area contributed by atoms with Gasteiger partial charge in [-0.05, 0) is 37.0 Å². The van der Waals surface area contributed by atoms with Crippen LogP contribution in [0.5, 0.6) is 5.75 Å². The molecule has 2 amide bonds. The Morgan fingerprint density at radius 1 is 1.11 bits per heavy atom. The highest BCUT2D eigenvalue weighted by Gasteiger charge is 2.28. The molecule has 0 fully saturated rings. The molecule has 3 rings (SSSR count). The molecule has 0 saturated carbocycles. The first-order chi connectivity index (χ1) is 17.3. The van der Waals surface area contributed by atoms with Crippen LogP contribution >= 0.6 is 0 Å². The summed E-state index contributed by atoms with van der Waals surface area (Å²) in [6, 6.07) is 15.7. The molecule has 1 aliphatic rings. The molecule has 0 aromatic heterocycles. The van der Waals surface area contributed by atoms with E-state index in [1.54, 1.807) is 37.3 Å². The predicted molar refractivity (Wildman–Crippen MR) is 141 cm³/mol. The molecule has 0 radical (unpaired) electrons. The van der Waals surface area contributed by atoms with Crippen LogP contribution in [0.1, 0.15) is 29.8 Å². The lowest BCUT2D eigenvalue weighted by Gasteiger charge is -2.36. The summed E-state index contributed by atoms with van der Waals surface area (Å²) in [5, 5.41) is 2.79. The number of fused-ring (bicyclic) bond motifs is 1. The number of hydrogen-bond donors (Lipinski definition) is 1. The summed E-state index contributed by atoms with van der Waals surface area (Å²) in [7, 11) is 4.95. The number of nitrogens with one attached hydrogen (secondary N) is 1. The molecule has 1 aliphatic heterocycles. The Balaban J connectivity index is 1.87. The van der Waals surface area contributed by atoms with E-state index in [0.717, 1.165) is 19.5 Å². The number of ether oxygens (including phenoxy) is 3. The van der Waals surface area contributed by atoms with Crippen molar-refractivity contribution in [2.75, 3.05) is 59.4 Å². The molecule has 0 unspecified atom stereocenters. The highest BCUT2D eigenvalue weighted by Crippen LogP contribution is 2.27. The minimum absolute atomic E-state index is 0.0520. The third-order valence-electron chi connectivity index (χ3n) is 6.67. The highest BCUT2D eigenvalue weighted by molar-refractivity contribution is 5.98. The third kappa shape index (κ3) is 7.53. The standard InChI is InChI=1S/C28H39N3O5/c1-20-16-31(14-13-22-9-7-6-8-10-22)21(2)18-36-25-15-23(29-27(32)19-34-4)11-12-24(25)28(33)30(3)17-26(20)35-5/h6-12,15,20-21,26H,13-14,16-19H2,1-5H3,(H,29,32)/t20-,21-,26-/m0/s1. The molecule has 36 heavy (non-hydrogen) atoms. The molecule has 2 aromatic rings. The molecule has 1 N–H and O–H groups in total. The van der Waals surface area contributed by atoms with E-state index < -0.39 is 0 Å².